The number of carbonyl (C=O) groups excluding carboxylic acids is 3. The summed E-state index contributed by atoms with van der Waals surface area (Å²) in [4.78, 5) is 35.2. The quantitative estimate of drug-likeness (QED) is 0.346. The average molecular weight is 594 g/mol. The molecule has 2 aromatic carbocycles. The average Bonchev–Trinajstić information content (AvgIpc) is 3.29. The third kappa shape index (κ3) is 7.21. The number of nitrogens with zero attached hydrogens (tertiary/aromatic N) is 1. The van der Waals surface area contributed by atoms with Crippen molar-refractivity contribution in [2.24, 2.45) is 0 Å². The molecule has 0 unspecified atom stereocenters. The number of hydrogen-bond donors (Lipinski definition) is 3. The molecule has 0 fully saturated rings. The molecule has 218 valence electrons. The van der Waals surface area contributed by atoms with E-state index in [0.717, 1.165) is 15.1 Å². The van der Waals surface area contributed by atoms with Crippen LogP contribution in [-0.4, -0.2) is 54.3 Å². The fraction of sp³-hybridized carbons (Fsp3) is 0.222. The number of carboxylic acids is 1. The first-order valence-electron chi connectivity index (χ1n) is 12.1. The smallest absolute Gasteiger partial charge is 0.430 e. The predicted molar refractivity (Wildman–Crippen MR) is 137 cm³/mol. The number of nitrogens with one attached hydrogen (secondary N) is 1. The lowest BCUT2D eigenvalue weighted by atomic mass is 9.95. The van der Waals surface area contributed by atoms with Gasteiger partial charge in [0.2, 0.25) is 5.78 Å². The van der Waals surface area contributed by atoms with Gasteiger partial charge >= 0.3 is 6.18 Å². The number of halogens is 3. The maximum atomic E-state index is 13.4. The maximum Gasteiger partial charge on any atom is 0.430 e. The Bertz CT molecular complexity index is 1590. The third-order valence-corrected chi connectivity index (χ3v) is 7.63. The minimum absolute atomic E-state index is 0.0358. The summed E-state index contributed by atoms with van der Waals surface area (Å²) in [5.74, 6) is -3.81. The SMILES string of the molecule is Cc1ccc(S(=O)(=O)n2cc(CC[NH3+])c3c2C(=O)C(NCCc2ccc(O)cc2)=CC3=O)cc1.O=C([O-])C(F)(F)F. The topological polar surface area (TPSA) is 173 Å². The summed E-state index contributed by atoms with van der Waals surface area (Å²) in [6.45, 7) is 2.65. The first-order valence-corrected chi connectivity index (χ1v) is 13.6. The predicted octanol–water partition coefficient (Wildman–Crippen LogP) is 0.917. The Labute approximate surface area is 233 Å². The Morgan fingerprint density at radius 2 is 1.63 bits per heavy atom. The first-order chi connectivity index (χ1) is 19.2. The normalized spacial score (nSPS) is 13.1. The monoisotopic (exact) mass is 593 g/mol. The summed E-state index contributed by atoms with van der Waals surface area (Å²) in [5, 5.41) is 21.2. The van der Waals surface area contributed by atoms with E-state index in [1.165, 1.54) is 24.4 Å². The largest absolute Gasteiger partial charge is 0.542 e. The molecule has 41 heavy (non-hydrogen) atoms. The van der Waals surface area contributed by atoms with E-state index in [0.29, 0.717) is 31.5 Å². The number of carboxylic acid groups (broad SMARTS) is 1. The highest BCUT2D eigenvalue weighted by Gasteiger charge is 2.36. The van der Waals surface area contributed by atoms with Gasteiger partial charge in [-0.05, 0) is 48.7 Å². The fourth-order valence-corrected chi connectivity index (χ4v) is 5.33. The molecule has 0 aliphatic heterocycles. The number of rotatable bonds is 8. The van der Waals surface area contributed by atoms with Gasteiger partial charge in [0.15, 0.2) is 5.78 Å². The highest BCUT2D eigenvalue weighted by atomic mass is 32.2. The highest BCUT2D eigenvalue weighted by Crippen LogP contribution is 2.29. The van der Waals surface area contributed by atoms with Crippen molar-refractivity contribution in [3.05, 3.63) is 94.4 Å². The number of alkyl halides is 3. The van der Waals surface area contributed by atoms with E-state index >= 15 is 0 Å². The molecular formula is C27H26F3N3O7S. The van der Waals surface area contributed by atoms with Crippen molar-refractivity contribution in [3.63, 3.8) is 0 Å². The number of aryl methyl sites for hydroxylation is 1. The van der Waals surface area contributed by atoms with Gasteiger partial charge in [-0.25, -0.2) is 12.4 Å². The van der Waals surface area contributed by atoms with Crippen LogP contribution in [0, 0.1) is 6.92 Å². The van der Waals surface area contributed by atoms with E-state index in [1.807, 2.05) is 6.92 Å². The summed E-state index contributed by atoms with van der Waals surface area (Å²) in [5.41, 5.74) is 6.15. The molecule has 14 heteroatoms. The second kappa shape index (κ2) is 12.4. The molecule has 0 atom stereocenters. The number of phenolic OH excluding ortho intramolecular Hbond substituents is 1. The van der Waals surface area contributed by atoms with Crippen molar-refractivity contribution >= 4 is 27.6 Å². The van der Waals surface area contributed by atoms with Gasteiger partial charge in [-0.3, -0.25) is 9.59 Å². The van der Waals surface area contributed by atoms with E-state index < -0.39 is 33.7 Å². The summed E-state index contributed by atoms with van der Waals surface area (Å²) in [6.07, 6.45) is -1.68. The minimum Gasteiger partial charge on any atom is -0.542 e. The van der Waals surface area contributed by atoms with E-state index in [1.54, 1.807) is 36.4 Å². The molecule has 1 aromatic heterocycles. The van der Waals surface area contributed by atoms with Crippen molar-refractivity contribution < 1.29 is 51.9 Å². The van der Waals surface area contributed by atoms with Crippen LogP contribution < -0.4 is 16.2 Å². The molecule has 0 radical (unpaired) electrons. The number of aliphatic carboxylic acids is 1. The van der Waals surface area contributed by atoms with Crippen LogP contribution in [-0.2, 0) is 27.7 Å². The van der Waals surface area contributed by atoms with Crippen LogP contribution >= 0.6 is 0 Å². The lowest BCUT2D eigenvalue weighted by Crippen LogP contribution is -2.51. The number of aromatic nitrogens is 1. The number of hydrogen-bond acceptors (Lipinski definition) is 8. The van der Waals surface area contributed by atoms with Crippen molar-refractivity contribution in [3.8, 4) is 5.75 Å². The van der Waals surface area contributed by atoms with Gasteiger partial charge in [-0.1, -0.05) is 29.8 Å². The zero-order valence-electron chi connectivity index (χ0n) is 21.7. The Hall–Kier alpha value is -4.43. The second-order valence-electron chi connectivity index (χ2n) is 8.98. The molecule has 5 N–H and O–H groups in total. The van der Waals surface area contributed by atoms with Crippen LogP contribution in [0.1, 0.15) is 37.5 Å². The molecular weight excluding hydrogens is 567 g/mol. The van der Waals surface area contributed by atoms with Gasteiger partial charge in [0, 0.05) is 25.2 Å². The summed E-state index contributed by atoms with van der Waals surface area (Å²) < 4.78 is 59.4. The molecule has 0 bridgehead atoms. The van der Waals surface area contributed by atoms with Crippen LogP contribution in [0.2, 0.25) is 0 Å². The number of allylic oxidation sites excluding steroid dienone is 2. The Balaban J connectivity index is 0.000000587. The molecule has 3 aromatic rings. The number of benzene rings is 2. The second-order valence-corrected chi connectivity index (χ2v) is 10.8. The van der Waals surface area contributed by atoms with Crippen molar-refractivity contribution in [1.82, 2.24) is 9.29 Å². The molecule has 0 amide bonds. The first kappa shape index (κ1) is 31.1. The van der Waals surface area contributed by atoms with Gasteiger partial charge in [0.25, 0.3) is 10.0 Å². The van der Waals surface area contributed by atoms with Crippen molar-refractivity contribution in [1.29, 1.82) is 0 Å². The number of quaternary nitrogens is 1. The Morgan fingerprint density at radius 1 is 1.05 bits per heavy atom. The molecule has 1 aliphatic carbocycles. The van der Waals surface area contributed by atoms with Crippen LogP contribution in [0.5, 0.6) is 5.75 Å². The number of fused-ring (bicyclic) bond motifs is 1. The maximum absolute atomic E-state index is 13.4. The summed E-state index contributed by atoms with van der Waals surface area (Å²) in [7, 11) is -4.10. The van der Waals surface area contributed by atoms with Gasteiger partial charge in [0.1, 0.15) is 17.4 Å². The van der Waals surface area contributed by atoms with E-state index in [-0.39, 0.29) is 27.6 Å². The van der Waals surface area contributed by atoms with E-state index in [9.17, 15) is 36.3 Å². The zero-order valence-corrected chi connectivity index (χ0v) is 22.5. The van der Waals surface area contributed by atoms with Crippen LogP contribution in [0.4, 0.5) is 13.2 Å². The van der Waals surface area contributed by atoms with Gasteiger partial charge < -0.3 is 26.1 Å². The molecule has 1 aliphatic rings. The van der Waals surface area contributed by atoms with Crippen LogP contribution in [0.3, 0.4) is 0 Å². The van der Waals surface area contributed by atoms with E-state index in [2.05, 4.69) is 11.1 Å². The molecule has 4 rings (SSSR count). The lowest BCUT2D eigenvalue weighted by Gasteiger charge is -2.17. The Morgan fingerprint density at radius 3 is 2.17 bits per heavy atom. The minimum atomic E-state index is -5.19. The zero-order chi connectivity index (χ0) is 30.5. The molecule has 0 saturated carbocycles. The lowest BCUT2D eigenvalue weighted by molar-refractivity contribution is -0.366. The molecule has 1 heterocycles. The number of phenols is 1. The van der Waals surface area contributed by atoms with Gasteiger partial charge in [-0.15, -0.1) is 0 Å². The molecule has 0 spiro atoms. The summed E-state index contributed by atoms with van der Waals surface area (Å²) >= 11 is 0. The van der Waals surface area contributed by atoms with E-state index in [4.69, 9.17) is 9.90 Å². The molecule has 10 nitrogen and oxygen atoms in total. The fourth-order valence-electron chi connectivity index (χ4n) is 3.95. The number of carbonyl (C=O) groups is 3. The number of ketones is 2. The molecule has 0 saturated heterocycles. The van der Waals surface area contributed by atoms with Gasteiger partial charge in [0.05, 0.1) is 22.7 Å². The highest BCUT2D eigenvalue weighted by molar-refractivity contribution is 7.90. The van der Waals surface area contributed by atoms with Crippen molar-refractivity contribution in [2.75, 3.05) is 13.1 Å². The van der Waals surface area contributed by atoms with Crippen molar-refractivity contribution in [2.45, 2.75) is 30.8 Å². The number of aromatic hydroxyl groups is 1. The standard InChI is InChI=1S/C25H25N3O5S.C2HF3O2/c1-16-2-8-20(9-3-16)34(32,33)28-15-18(10-12-26)23-22(30)14-21(25(31)24(23)28)27-13-11-17-4-6-19(29)7-5-17;3-2(4,5)1(6)7/h2-9,14-15,27,29H,10-13,26H2,1H3;(H,6,7). The van der Waals surface area contributed by atoms with Crippen LogP contribution in [0.15, 0.2) is 71.4 Å². The number of Topliss-reactive ketones (excluding diaryl/α,β-unsaturated/α-hetero) is 1. The third-order valence-electron chi connectivity index (χ3n) is 5.95. The summed E-state index contributed by atoms with van der Waals surface area (Å²) in [6, 6.07) is 13.0. The van der Waals surface area contributed by atoms with Crippen LogP contribution in [0.25, 0.3) is 0 Å². The Kier molecular flexibility index (Phi) is 9.40. The van der Waals surface area contributed by atoms with Gasteiger partial charge in [-0.2, -0.15) is 13.2 Å².